The van der Waals surface area contributed by atoms with Crippen molar-refractivity contribution >= 4 is 40.0 Å². The topological polar surface area (TPSA) is 102 Å². The van der Waals surface area contributed by atoms with Gasteiger partial charge in [0, 0.05) is 11.6 Å². The van der Waals surface area contributed by atoms with Gasteiger partial charge in [0.15, 0.2) is 6.61 Å². The number of benzene rings is 2. The Labute approximate surface area is 172 Å². The second-order valence-electron chi connectivity index (χ2n) is 5.88. The standard InChI is InChI=1S/C20H19ClN4O4/c1-28-16-7-3-2-6-15(16)23-11-18(26)24-25-19(27)12-29-17-9-8-14(21)13-5-4-10-22-20(13)17/h2-10,23H,11-12H2,1H3,(H,24,26)(H,25,27). The number of para-hydroxylation sites is 2. The average molecular weight is 415 g/mol. The monoisotopic (exact) mass is 414 g/mol. The number of rotatable bonds is 7. The number of aromatic nitrogens is 1. The van der Waals surface area contributed by atoms with Gasteiger partial charge in [-0.3, -0.25) is 25.4 Å². The van der Waals surface area contributed by atoms with E-state index in [1.807, 2.05) is 18.2 Å². The molecule has 9 heteroatoms. The molecule has 0 atom stereocenters. The lowest BCUT2D eigenvalue weighted by atomic mass is 10.2. The zero-order valence-electron chi connectivity index (χ0n) is 15.6. The maximum absolute atomic E-state index is 12.0. The molecule has 0 unspecified atom stereocenters. The number of amides is 2. The number of hydrogen-bond donors (Lipinski definition) is 3. The van der Waals surface area contributed by atoms with Crippen molar-refractivity contribution in [3.63, 3.8) is 0 Å². The van der Waals surface area contributed by atoms with Crippen LogP contribution in [0.5, 0.6) is 11.5 Å². The minimum Gasteiger partial charge on any atom is -0.495 e. The molecule has 3 N–H and O–H groups in total. The van der Waals surface area contributed by atoms with Crippen LogP contribution >= 0.6 is 11.6 Å². The molecule has 3 aromatic rings. The van der Waals surface area contributed by atoms with Crippen molar-refractivity contribution in [2.45, 2.75) is 0 Å². The van der Waals surface area contributed by atoms with E-state index in [1.54, 1.807) is 43.6 Å². The zero-order chi connectivity index (χ0) is 20.6. The summed E-state index contributed by atoms with van der Waals surface area (Å²) in [6.45, 7) is -0.346. The lowest BCUT2D eigenvalue weighted by molar-refractivity contribution is -0.129. The van der Waals surface area contributed by atoms with Gasteiger partial charge in [0.05, 0.1) is 24.4 Å². The van der Waals surface area contributed by atoms with Crippen molar-refractivity contribution in [1.82, 2.24) is 15.8 Å². The van der Waals surface area contributed by atoms with Crippen molar-refractivity contribution < 1.29 is 19.1 Å². The van der Waals surface area contributed by atoms with Crippen LogP contribution < -0.4 is 25.6 Å². The molecule has 29 heavy (non-hydrogen) atoms. The van der Waals surface area contributed by atoms with E-state index in [2.05, 4.69) is 21.2 Å². The molecule has 1 aromatic heterocycles. The van der Waals surface area contributed by atoms with Crippen LogP contribution in [0.1, 0.15) is 0 Å². The van der Waals surface area contributed by atoms with Gasteiger partial charge < -0.3 is 14.8 Å². The summed E-state index contributed by atoms with van der Waals surface area (Å²) < 4.78 is 10.7. The van der Waals surface area contributed by atoms with E-state index in [0.717, 1.165) is 5.39 Å². The Morgan fingerprint density at radius 2 is 1.79 bits per heavy atom. The molecule has 2 aromatic carbocycles. The van der Waals surface area contributed by atoms with Crippen molar-refractivity contribution in [2.24, 2.45) is 0 Å². The number of carbonyl (C=O) groups excluding carboxylic acids is 2. The number of anilines is 1. The van der Waals surface area contributed by atoms with Crippen LogP contribution in [0.25, 0.3) is 10.9 Å². The first-order chi connectivity index (χ1) is 14.1. The Kier molecular flexibility index (Phi) is 6.70. The summed E-state index contributed by atoms with van der Waals surface area (Å²) in [7, 11) is 1.54. The highest BCUT2D eigenvalue weighted by atomic mass is 35.5. The molecule has 0 aliphatic heterocycles. The van der Waals surface area contributed by atoms with E-state index in [-0.39, 0.29) is 13.2 Å². The van der Waals surface area contributed by atoms with Crippen LogP contribution in [0.3, 0.4) is 0 Å². The Morgan fingerprint density at radius 1 is 1.00 bits per heavy atom. The fourth-order valence-corrected chi connectivity index (χ4v) is 2.77. The van der Waals surface area contributed by atoms with E-state index >= 15 is 0 Å². The molecule has 0 bridgehead atoms. The van der Waals surface area contributed by atoms with Gasteiger partial charge in [0.1, 0.15) is 17.0 Å². The first kappa shape index (κ1) is 20.2. The molecule has 8 nitrogen and oxygen atoms in total. The molecule has 2 amide bonds. The second kappa shape index (κ2) is 9.61. The summed E-state index contributed by atoms with van der Waals surface area (Å²) in [5.41, 5.74) is 5.83. The summed E-state index contributed by atoms with van der Waals surface area (Å²) >= 11 is 6.13. The van der Waals surface area contributed by atoms with Crippen LogP contribution in [0.2, 0.25) is 5.02 Å². The normalized spacial score (nSPS) is 10.3. The third-order valence-electron chi connectivity index (χ3n) is 3.93. The Hall–Kier alpha value is -3.52. The molecular weight excluding hydrogens is 396 g/mol. The van der Waals surface area contributed by atoms with Gasteiger partial charge in [0.25, 0.3) is 11.8 Å². The van der Waals surface area contributed by atoms with E-state index in [4.69, 9.17) is 21.1 Å². The smallest absolute Gasteiger partial charge is 0.276 e. The van der Waals surface area contributed by atoms with E-state index in [0.29, 0.717) is 27.7 Å². The minimum atomic E-state index is -0.519. The number of halogens is 1. The van der Waals surface area contributed by atoms with Gasteiger partial charge in [-0.15, -0.1) is 0 Å². The Bertz CT molecular complexity index is 1030. The number of methoxy groups -OCH3 is 1. The number of pyridine rings is 1. The van der Waals surface area contributed by atoms with Crippen LogP contribution in [0, 0.1) is 0 Å². The lowest BCUT2D eigenvalue weighted by Gasteiger charge is -2.12. The minimum absolute atomic E-state index is 0.0484. The third kappa shape index (κ3) is 5.26. The number of hydrogen-bond acceptors (Lipinski definition) is 6. The molecule has 0 aliphatic carbocycles. The number of hydrazine groups is 1. The van der Waals surface area contributed by atoms with E-state index < -0.39 is 11.8 Å². The third-order valence-corrected chi connectivity index (χ3v) is 4.26. The number of nitrogens with one attached hydrogen (secondary N) is 3. The van der Waals surface area contributed by atoms with Crippen LogP contribution in [-0.4, -0.2) is 37.1 Å². The molecule has 3 rings (SSSR count). The van der Waals surface area contributed by atoms with E-state index in [1.165, 1.54) is 0 Å². The summed E-state index contributed by atoms with van der Waals surface area (Å²) in [4.78, 5) is 28.1. The summed E-state index contributed by atoms with van der Waals surface area (Å²) in [6, 6.07) is 14.1. The average Bonchev–Trinajstić information content (AvgIpc) is 2.76. The van der Waals surface area contributed by atoms with Gasteiger partial charge in [0.2, 0.25) is 0 Å². The maximum atomic E-state index is 12.0. The zero-order valence-corrected chi connectivity index (χ0v) is 16.3. The first-order valence-electron chi connectivity index (χ1n) is 8.69. The van der Waals surface area contributed by atoms with Gasteiger partial charge in [-0.05, 0) is 36.4 Å². The predicted molar refractivity (Wildman–Crippen MR) is 110 cm³/mol. The molecule has 0 saturated heterocycles. The second-order valence-corrected chi connectivity index (χ2v) is 6.29. The first-order valence-corrected chi connectivity index (χ1v) is 9.07. The van der Waals surface area contributed by atoms with Gasteiger partial charge >= 0.3 is 0 Å². The largest absolute Gasteiger partial charge is 0.495 e. The highest BCUT2D eigenvalue weighted by molar-refractivity contribution is 6.35. The fraction of sp³-hybridized carbons (Fsp3) is 0.150. The van der Waals surface area contributed by atoms with Crippen molar-refractivity contribution in [1.29, 1.82) is 0 Å². The van der Waals surface area contributed by atoms with Crippen molar-refractivity contribution in [3.8, 4) is 11.5 Å². The van der Waals surface area contributed by atoms with Crippen LogP contribution in [0.4, 0.5) is 5.69 Å². The lowest BCUT2D eigenvalue weighted by Crippen LogP contribution is -2.46. The number of ether oxygens (including phenoxy) is 2. The molecule has 0 saturated carbocycles. The molecule has 0 spiro atoms. The van der Waals surface area contributed by atoms with Crippen molar-refractivity contribution in [3.05, 3.63) is 59.8 Å². The Balaban J connectivity index is 1.47. The quantitative estimate of drug-likeness (QED) is 0.513. The molecule has 0 radical (unpaired) electrons. The van der Waals surface area contributed by atoms with E-state index in [9.17, 15) is 9.59 Å². The highest BCUT2D eigenvalue weighted by Gasteiger charge is 2.10. The van der Waals surface area contributed by atoms with Gasteiger partial charge in [-0.25, -0.2) is 0 Å². The molecule has 0 aliphatic rings. The molecule has 1 heterocycles. The fourth-order valence-electron chi connectivity index (χ4n) is 2.56. The molecule has 0 fully saturated rings. The number of carbonyl (C=O) groups is 2. The predicted octanol–water partition coefficient (Wildman–Crippen LogP) is 2.54. The number of nitrogens with zero attached hydrogens (tertiary/aromatic N) is 1. The summed E-state index contributed by atoms with van der Waals surface area (Å²) in [6.07, 6.45) is 1.61. The van der Waals surface area contributed by atoms with Crippen LogP contribution in [0.15, 0.2) is 54.7 Å². The molecule has 150 valence electrons. The Morgan fingerprint density at radius 3 is 2.62 bits per heavy atom. The van der Waals surface area contributed by atoms with Gasteiger partial charge in [-0.1, -0.05) is 23.7 Å². The molecular formula is C20H19ClN4O4. The summed E-state index contributed by atoms with van der Waals surface area (Å²) in [5.74, 6) is 0.0865. The summed E-state index contributed by atoms with van der Waals surface area (Å²) in [5, 5.41) is 4.20. The van der Waals surface area contributed by atoms with Crippen LogP contribution in [-0.2, 0) is 9.59 Å². The van der Waals surface area contributed by atoms with Crippen molar-refractivity contribution in [2.75, 3.05) is 25.6 Å². The number of fused-ring (bicyclic) bond motifs is 1. The van der Waals surface area contributed by atoms with Gasteiger partial charge in [-0.2, -0.15) is 0 Å². The highest BCUT2D eigenvalue weighted by Crippen LogP contribution is 2.29. The maximum Gasteiger partial charge on any atom is 0.276 e. The SMILES string of the molecule is COc1ccccc1NCC(=O)NNC(=O)COc1ccc(Cl)c2cccnc12.